The number of carbonyl (C=O) groups is 2. The van der Waals surface area contributed by atoms with Crippen molar-refractivity contribution in [2.75, 3.05) is 25.4 Å². The van der Waals surface area contributed by atoms with Crippen molar-refractivity contribution in [2.45, 2.75) is 24.8 Å². The van der Waals surface area contributed by atoms with Gasteiger partial charge in [0.1, 0.15) is 5.03 Å². The van der Waals surface area contributed by atoms with Gasteiger partial charge in [-0.3, -0.25) is 9.59 Å². The van der Waals surface area contributed by atoms with Crippen LogP contribution in [0.5, 0.6) is 0 Å². The van der Waals surface area contributed by atoms with Gasteiger partial charge < -0.3 is 9.64 Å². The van der Waals surface area contributed by atoms with E-state index in [1.807, 2.05) is 41.8 Å². The second kappa shape index (κ2) is 9.57. The third kappa shape index (κ3) is 4.65. The van der Waals surface area contributed by atoms with Crippen LogP contribution in [0.3, 0.4) is 0 Å². The molecule has 0 aliphatic carbocycles. The van der Waals surface area contributed by atoms with Crippen molar-refractivity contribution in [2.24, 2.45) is 5.92 Å². The summed E-state index contributed by atoms with van der Waals surface area (Å²) in [5, 5.41) is 3.75. The molecule has 0 spiro atoms. The number of thiophene rings is 1. The van der Waals surface area contributed by atoms with Crippen LogP contribution in [0.1, 0.15) is 19.8 Å². The van der Waals surface area contributed by atoms with E-state index >= 15 is 0 Å². The lowest BCUT2D eigenvalue weighted by atomic mass is 9.98. The summed E-state index contributed by atoms with van der Waals surface area (Å²) in [7, 11) is 0. The average molecular weight is 442 g/mol. The van der Waals surface area contributed by atoms with Gasteiger partial charge in [-0.1, -0.05) is 36.0 Å². The highest BCUT2D eigenvalue weighted by Crippen LogP contribution is 2.30. The minimum Gasteiger partial charge on any atom is -0.466 e. The van der Waals surface area contributed by atoms with Gasteiger partial charge in [0, 0.05) is 18.5 Å². The monoisotopic (exact) mass is 441 g/mol. The Hall–Kier alpha value is -2.45. The van der Waals surface area contributed by atoms with Gasteiger partial charge in [0.2, 0.25) is 5.91 Å². The van der Waals surface area contributed by atoms with Crippen LogP contribution in [-0.4, -0.2) is 52.2 Å². The zero-order chi connectivity index (χ0) is 20.9. The number of benzene rings is 1. The number of thioether (sulfide) groups is 1. The molecule has 1 aliphatic heterocycles. The third-order valence-corrected chi connectivity index (χ3v) is 6.88. The summed E-state index contributed by atoms with van der Waals surface area (Å²) >= 11 is 3.02. The lowest BCUT2D eigenvalue weighted by Crippen LogP contribution is -2.43. The molecule has 3 aromatic rings. The Morgan fingerprint density at radius 1 is 1.23 bits per heavy atom. The molecule has 0 unspecified atom stereocenters. The predicted molar refractivity (Wildman–Crippen MR) is 120 cm³/mol. The van der Waals surface area contributed by atoms with Gasteiger partial charge in [0.05, 0.1) is 28.7 Å². The zero-order valence-electron chi connectivity index (χ0n) is 16.7. The van der Waals surface area contributed by atoms with Gasteiger partial charge in [0.15, 0.2) is 5.82 Å². The summed E-state index contributed by atoms with van der Waals surface area (Å²) in [4.78, 5) is 37.1. The number of hydrogen-bond donors (Lipinski definition) is 0. The lowest BCUT2D eigenvalue weighted by molar-refractivity contribution is -0.151. The van der Waals surface area contributed by atoms with E-state index in [0.29, 0.717) is 25.5 Å². The van der Waals surface area contributed by atoms with Crippen LogP contribution in [-0.2, 0) is 14.3 Å². The maximum absolute atomic E-state index is 12.9. The fourth-order valence-electron chi connectivity index (χ4n) is 3.55. The van der Waals surface area contributed by atoms with E-state index in [0.717, 1.165) is 33.6 Å². The Labute approximate surface area is 183 Å². The molecule has 1 atom stereocenters. The number of para-hydroxylation sites is 1. The molecule has 4 rings (SSSR count). The standard InChI is InChI=1S/C22H23N3O3S2/c1-2-28-22(27)15-7-5-11-25(13-15)19(26)14-30-21-16-8-3-4-9-17(16)23-20(24-21)18-10-6-12-29-18/h3-4,6,8-10,12,15H,2,5,7,11,13-14H2,1H3/t15-/m1/s1. The van der Waals surface area contributed by atoms with Crippen LogP contribution < -0.4 is 0 Å². The number of amides is 1. The number of esters is 1. The Bertz CT molecular complexity index is 1040. The fourth-order valence-corrected chi connectivity index (χ4v) is 5.13. The molecular formula is C22H23N3O3S2. The Morgan fingerprint density at radius 2 is 2.10 bits per heavy atom. The maximum atomic E-state index is 12.9. The van der Waals surface area contributed by atoms with E-state index in [1.165, 1.54) is 11.8 Å². The molecular weight excluding hydrogens is 418 g/mol. The Balaban J connectivity index is 1.49. The van der Waals surface area contributed by atoms with Crippen molar-refractivity contribution >= 4 is 45.9 Å². The van der Waals surface area contributed by atoms with Gasteiger partial charge in [-0.25, -0.2) is 9.97 Å². The van der Waals surface area contributed by atoms with Gasteiger partial charge >= 0.3 is 5.97 Å². The number of carbonyl (C=O) groups excluding carboxylic acids is 2. The molecule has 0 saturated carbocycles. The van der Waals surface area contributed by atoms with E-state index in [1.54, 1.807) is 23.2 Å². The Kier molecular flexibility index (Phi) is 6.64. The van der Waals surface area contributed by atoms with Crippen LogP contribution >= 0.6 is 23.1 Å². The highest BCUT2D eigenvalue weighted by atomic mass is 32.2. The summed E-state index contributed by atoms with van der Waals surface area (Å²) in [6, 6.07) is 11.8. The van der Waals surface area contributed by atoms with Crippen LogP contribution in [0.15, 0.2) is 46.8 Å². The van der Waals surface area contributed by atoms with Gasteiger partial charge in [-0.05, 0) is 37.3 Å². The number of rotatable bonds is 6. The summed E-state index contributed by atoms with van der Waals surface area (Å²) in [6.07, 6.45) is 1.59. The number of fused-ring (bicyclic) bond motifs is 1. The quantitative estimate of drug-likeness (QED) is 0.323. The third-order valence-electron chi connectivity index (χ3n) is 5.04. The molecule has 30 heavy (non-hydrogen) atoms. The van der Waals surface area contributed by atoms with Crippen LogP contribution in [0.4, 0.5) is 0 Å². The summed E-state index contributed by atoms with van der Waals surface area (Å²) < 4.78 is 5.14. The largest absolute Gasteiger partial charge is 0.466 e. The first-order valence-corrected chi connectivity index (χ1v) is 11.9. The highest BCUT2D eigenvalue weighted by Gasteiger charge is 2.29. The summed E-state index contributed by atoms with van der Waals surface area (Å²) in [6.45, 7) is 3.28. The molecule has 1 aromatic carbocycles. The fraction of sp³-hybridized carbons (Fsp3) is 0.364. The second-order valence-electron chi connectivity index (χ2n) is 7.07. The highest BCUT2D eigenvalue weighted by molar-refractivity contribution is 8.00. The van der Waals surface area contributed by atoms with Crippen molar-refractivity contribution < 1.29 is 14.3 Å². The number of ether oxygens (including phenoxy) is 1. The number of nitrogens with zero attached hydrogens (tertiary/aromatic N) is 3. The SMILES string of the molecule is CCOC(=O)[C@@H]1CCCN(C(=O)CSc2nc(-c3cccs3)nc3ccccc23)C1. The normalized spacial score (nSPS) is 16.6. The molecule has 1 aliphatic rings. The first-order chi connectivity index (χ1) is 14.7. The minimum absolute atomic E-state index is 0.0226. The minimum atomic E-state index is -0.224. The number of aromatic nitrogens is 2. The zero-order valence-corrected chi connectivity index (χ0v) is 18.4. The topological polar surface area (TPSA) is 72.4 Å². The average Bonchev–Trinajstić information content (AvgIpc) is 3.32. The molecule has 0 N–H and O–H groups in total. The molecule has 0 radical (unpaired) electrons. The van der Waals surface area contributed by atoms with Crippen molar-refractivity contribution in [1.29, 1.82) is 0 Å². The molecule has 2 aromatic heterocycles. The molecule has 1 saturated heterocycles. The van der Waals surface area contributed by atoms with E-state index in [4.69, 9.17) is 9.72 Å². The Morgan fingerprint density at radius 3 is 2.90 bits per heavy atom. The smallest absolute Gasteiger partial charge is 0.310 e. The van der Waals surface area contributed by atoms with Crippen molar-refractivity contribution in [3.05, 3.63) is 41.8 Å². The van der Waals surface area contributed by atoms with Crippen LogP contribution in [0, 0.1) is 5.92 Å². The molecule has 156 valence electrons. The molecule has 1 amide bonds. The maximum Gasteiger partial charge on any atom is 0.310 e. The first kappa shape index (κ1) is 20.8. The predicted octanol–water partition coefficient (Wildman–Crippen LogP) is 4.25. The summed E-state index contributed by atoms with van der Waals surface area (Å²) in [5.41, 5.74) is 0.867. The van der Waals surface area contributed by atoms with E-state index in [9.17, 15) is 9.59 Å². The van der Waals surface area contributed by atoms with E-state index < -0.39 is 0 Å². The molecule has 8 heteroatoms. The number of piperidine rings is 1. The molecule has 6 nitrogen and oxygen atoms in total. The second-order valence-corrected chi connectivity index (χ2v) is 8.98. The molecule has 1 fully saturated rings. The van der Waals surface area contributed by atoms with Gasteiger partial charge in [-0.2, -0.15) is 0 Å². The van der Waals surface area contributed by atoms with Gasteiger partial charge in [-0.15, -0.1) is 11.3 Å². The summed E-state index contributed by atoms with van der Waals surface area (Å²) in [5.74, 6) is 0.553. The van der Waals surface area contributed by atoms with Crippen molar-refractivity contribution in [1.82, 2.24) is 14.9 Å². The van der Waals surface area contributed by atoms with Crippen LogP contribution in [0.2, 0.25) is 0 Å². The van der Waals surface area contributed by atoms with E-state index in [-0.39, 0.29) is 23.5 Å². The molecule has 3 heterocycles. The number of hydrogen-bond acceptors (Lipinski definition) is 7. The molecule has 0 bridgehead atoms. The first-order valence-electron chi connectivity index (χ1n) is 10.0. The van der Waals surface area contributed by atoms with Crippen LogP contribution in [0.25, 0.3) is 21.6 Å². The number of likely N-dealkylation sites (tertiary alicyclic amines) is 1. The van der Waals surface area contributed by atoms with E-state index in [2.05, 4.69) is 4.98 Å². The lowest BCUT2D eigenvalue weighted by Gasteiger charge is -2.31. The van der Waals surface area contributed by atoms with Crippen molar-refractivity contribution in [3.63, 3.8) is 0 Å². The van der Waals surface area contributed by atoms with Crippen molar-refractivity contribution in [3.8, 4) is 10.7 Å². The van der Waals surface area contributed by atoms with Gasteiger partial charge in [0.25, 0.3) is 0 Å².